The van der Waals surface area contributed by atoms with Gasteiger partial charge in [-0.2, -0.15) is 13.2 Å². The number of ether oxygens (including phenoxy) is 1. The molecule has 144 valence electrons. The molecule has 1 aliphatic carbocycles. The van der Waals surface area contributed by atoms with Gasteiger partial charge < -0.3 is 9.84 Å². The molecule has 0 spiro atoms. The van der Waals surface area contributed by atoms with E-state index in [-0.39, 0.29) is 24.7 Å². The Bertz CT molecular complexity index is 588. The summed E-state index contributed by atoms with van der Waals surface area (Å²) in [6, 6.07) is 0. The third kappa shape index (κ3) is 7.20. The van der Waals surface area contributed by atoms with Crippen molar-refractivity contribution in [2.75, 3.05) is 0 Å². The van der Waals surface area contributed by atoms with Gasteiger partial charge in [-0.15, -0.1) is 0 Å². The number of hydrogen-bond acceptors (Lipinski definition) is 3. The van der Waals surface area contributed by atoms with E-state index >= 15 is 0 Å². The van der Waals surface area contributed by atoms with Gasteiger partial charge in [0.25, 0.3) is 0 Å². The van der Waals surface area contributed by atoms with Crippen LogP contribution in [0.1, 0.15) is 44.9 Å². The van der Waals surface area contributed by atoms with E-state index in [2.05, 4.69) is 6.08 Å². The fourth-order valence-electron chi connectivity index (χ4n) is 3.06. The van der Waals surface area contributed by atoms with Crippen LogP contribution < -0.4 is 0 Å². The molecule has 1 heterocycles. The summed E-state index contributed by atoms with van der Waals surface area (Å²) in [5.74, 6) is -0.231. The largest absolute Gasteiger partial charge is 0.462 e. The Morgan fingerprint density at radius 2 is 2.00 bits per heavy atom. The normalized spacial score (nSPS) is 31.3. The molecule has 2 rings (SSSR count). The highest BCUT2D eigenvalue weighted by atomic mass is 19.4. The zero-order valence-corrected chi connectivity index (χ0v) is 14.6. The zero-order valence-electron chi connectivity index (χ0n) is 14.6. The van der Waals surface area contributed by atoms with E-state index in [9.17, 15) is 23.1 Å². The van der Waals surface area contributed by atoms with E-state index in [0.29, 0.717) is 12.8 Å². The van der Waals surface area contributed by atoms with Crippen LogP contribution >= 0.6 is 0 Å². The zero-order chi connectivity index (χ0) is 19.0. The quantitative estimate of drug-likeness (QED) is 0.574. The molecule has 2 aliphatic rings. The minimum absolute atomic E-state index is 0.110. The fourth-order valence-corrected chi connectivity index (χ4v) is 3.06. The average molecular weight is 370 g/mol. The van der Waals surface area contributed by atoms with Crippen LogP contribution in [0.15, 0.2) is 48.1 Å². The van der Waals surface area contributed by atoms with Gasteiger partial charge in [-0.05, 0) is 24.8 Å². The Morgan fingerprint density at radius 3 is 2.77 bits per heavy atom. The standard InChI is InChI=1S/C20H25F3O3/c21-20(22,23)14-6-5-8-16-11-12-17-15(10-13-18(17)24)7-3-1-2-4-9-19(25)26-16/h1,3,5-6,10,12-13,15-16,18,24H,2,4,7-9,11,14H2/b3-1-,6-5-,17-12+/t15-,16-,18?/m0/s1. The second-order valence-corrected chi connectivity index (χ2v) is 6.61. The molecule has 1 N–H and O–H groups in total. The molecule has 0 saturated heterocycles. The Morgan fingerprint density at radius 1 is 1.19 bits per heavy atom. The van der Waals surface area contributed by atoms with Gasteiger partial charge in [0.05, 0.1) is 12.5 Å². The smallest absolute Gasteiger partial charge is 0.392 e. The second-order valence-electron chi connectivity index (χ2n) is 6.61. The van der Waals surface area contributed by atoms with Crippen molar-refractivity contribution in [2.45, 2.75) is 63.3 Å². The maximum absolute atomic E-state index is 12.2. The van der Waals surface area contributed by atoms with Crippen molar-refractivity contribution < 1.29 is 27.8 Å². The molecule has 3 atom stereocenters. The van der Waals surface area contributed by atoms with Crippen molar-refractivity contribution in [3.8, 4) is 0 Å². The number of allylic oxidation sites excluding steroid dienone is 4. The van der Waals surface area contributed by atoms with Crippen molar-refractivity contribution >= 4 is 5.97 Å². The number of esters is 1. The van der Waals surface area contributed by atoms with Crippen LogP contribution in [0.5, 0.6) is 0 Å². The third-order valence-electron chi connectivity index (χ3n) is 4.43. The summed E-state index contributed by atoms with van der Waals surface area (Å²) in [6.45, 7) is 0. The summed E-state index contributed by atoms with van der Waals surface area (Å²) in [5.41, 5.74) is 0.856. The molecule has 1 unspecified atom stereocenters. The van der Waals surface area contributed by atoms with E-state index in [0.717, 1.165) is 24.5 Å². The van der Waals surface area contributed by atoms with E-state index in [1.54, 1.807) is 6.08 Å². The molecule has 0 saturated carbocycles. The monoisotopic (exact) mass is 370 g/mol. The first-order valence-electron chi connectivity index (χ1n) is 8.97. The lowest BCUT2D eigenvalue weighted by Crippen LogP contribution is -2.18. The van der Waals surface area contributed by atoms with E-state index in [1.807, 2.05) is 18.2 Å². The molecule has 0 aromatic carbocycles. The topological polar surface area (TPSA) is 46.5 Å². The molecular weight excluding hydrogens is 345 g/mol. The lowest BCUT2D eigenvalue weighted by molar-refractivity contribution is -0.149. The van der Waals surface area contributed by atoms with Gasteiger partial charge in [-0.1, -0.05) is 42.5 Å². The van der Waals surface area contributed by atoms with Crippen molar-refractivity contribution in [2.24, 2.45) is 5.92 Å². The third-order valence-corrected chi connectivity index (χ3v) is 4.43. The SMILES string of the molecule is O=C1CCC/C=C\C[C@H]2C=CC(O)/C2=C/C[C@H](C/C=C\CC(F)(F)F)O1. The number of fused-ring (bicyclic) bond motifs is 1. The number of cyclic esters (lactones) is 1. The van der Waals surface area contributed by atoms with Gasteiger partial charge in [0.1, 0.15) is 6.10 Å². The molecule has 0 fully saturated rings. The molecule has 0 aromatic heterocycles. The number of aliphatic hydroxyl groups is 1. The first-order valence-corrected chi connectivity index (χ1v) is 8.97. The minimum Gasteiger partial charge on any atom is -0.462 e. The highest BCUT2D eigenvalue weighted by molar-refractivity contribution is 5.69. The predicted molar refractivity (Wildman–Crippen MR) is 93.3 cm³/mol. The minimum atomic E-state index is -4.24. The van der Waals surface area contributed by atoms with Crippen molar-refractivity contribution in [1.29, 1.82) is 0 Å². The van der Waals surface area contributed by atoms with E-state index in [4.69, 9.17) is 4.74 Å². The molecule has 6 heteroatoms. The van der Waals surface area contributed by atoms with Crippen LogP contribution in [0.4, 0.5) is 13.2 Å². The van der Waals surface area contributed by atoms with Crippen LogP contribution in [0, 0.1) is 5.92 Å². The first kappa shape index (κ1) is 20.5. The lowest BCUT2D eigenvalue weighted by atomic mass is 9.95. The van der Waals surface area contributed by atoms with Gasteiger partial charge in [0.15, 0.2) is 0 Å². The van der Waals surface area contributed by atoms with Crippen molar-refractivity contribution in [3.05, 3.63) is 48.1 Å². The average Bonchev–Trinajstić information content (AvgIpc) is 2.91. The molecule has 1 aliphatic heterocycles. The Kier molecular flexibility index (Phi) is 7.69. The molecule has 0 aromatic rings. The Hall–Kier alpha value is -1.82. The van der Waals surface area contributed by atoms with Gasteiger partial charge in [-0.3, -0.25) is 4.79 Å². The van der Waals surface area contributed by atoms with Crippen LogP contribution in [0.3, 0.4) is 0 Å². The van der Waals surface area contributed by atoms with E-state index in [1.165, 1.54) is 6.08 Å². The number of halogens is 3. The van der Waals surface area contributed by atoms with E-state index < -0.39 is 24.8 Å². The molecule has 3 nitrogen and oxygen atoms in total. The lowest BCUT2D eigenvalue weighted by Gasteiger charge is -2.17. The summed E-state index contributed by atoms with van der Waals surface area (Å²) in [6.07, 6.45) is 8.79. The van der Waals surface area contributed by atoms with Gasteiger partial charge >= 0.3 is 12.1 Å². The maximum atomic E-state index is 12.2. The second kappa shape index (κ2) is 9.76. The number of rotatable bonds is 3. The van der Waals surface area contributed by atoms with Crippen molar-refractivity contribution in [3.63, 3.8) is 0 Å². The number of hydrogen-bond donors (Lipinski definition) is 1. The van der Waals surface area contributed by atoms with Crippen LogP contribution in [0.25, 0.3) is 0 Å². The Balaban J connectivity index is 2.05. The van der Waals surface area contributed by atoms with Crippen LogP contribution in [0.2, 0.25) is 0 Å². The number of carbonyl (C=O) groups is 1. The number of carbonyl (C=O) groups excluding carboxylic acids is 1. The maximum Gasteiger partial charge on any atom is 0.392 e. The first-order chi connectivity index (χ1) is 12.3. The number of alkyl halides is 3. The van der Waals surface area contributed by atoms with Crippen LogP contribution in [-0.2, 0) is 9.53 Å². The molecule has 26 heavy (non-hydrogen) atoms. The summed E-state index contributed by atoms with van der Waals surface area (Å²) >= 11 is 0. The molecular formula is C20H25F3O3. The van der Waals surface area contributed by atoms with Crippen LogP contribution in [-0.4, -0.2) is 29.5 Å². The molecule has 0 amide bonds. The Labute approximate surface area is 151 Å². The summed E-state index contributed by atoms with van der Waals surface area (Å²) in [5, 5.41) is 10.1. The molecule has 0 radical (unpaired) electrons. The number of aliphatic hydroxyl groups excluding tert-OH is 1. The fraction of sp³-hybridized carbons (Fsp3) is 0.550. The summed E-state index contributed by atoms with van der Waals surface area (Å²) in [7, 11) is 0. The summed E-state index contributed by atoms with van der Waals surface area (Å²) < 4.78 is 42.1. The summed E-state index contributed by atoms with van der Waals surface area (Å²) in [4.78, 5) is 11.9. The molecule has 0 bridgehead atoms. The van der Waals surface area contributed by atoms with Crippen molar-refractivity contribution in [1.82, 2.24) is 0 Å². The highest BCUT2D eigenvalue weighted by Gasteiger charge is 2.25. The van der Waals surface area contributed by atoms with Gasteiger partial charge in [-0.25, -0.2) is 0 Å². The van der Waals surface area contributed by atoms with Gasteiger partial charge in [0, 0.05) is 25.2 Å². The highest BCUT2D eigenvalue weighted by Crippen LogP contribution is 2.29. The predicted octanol–water partition coefficient (Wildman–Crippen LogP) is 4.79. The van der Waals surface area contributed by atoms with Gasteiger partial charge in [0.2, 0.25) is 0 Å².